The molecule has 2 aromatic rings. The summed E-state index contributed by atoms with van der Waals surface area (Å²) >= 11 is 5.74. The van der Waals surface area contributed by atoms with Gasteiger partial charge >= 0.3 is 0 Å². The molecule has 0 radical (unpaired) electrons. The van der Waals surface area contributed by atoms with E-state index in [0.717, 1.165) is 12.1 Å². The fourth-order valence-corrected chi connectivity index (χ4v) is 2.54. The number of nitrogens with zero attached hydrogens (tertiary/aromatic N) is 2. The number of hydrogen-bond acceptors (Lipinski definition) is 5. The van der Waals surface area contributed by atoms with Gasteiger partial charge < -0.3 is 5.32 Å². The summed E-state index contributed by atoms with van der Waals surface area (Å²) in [6, 6.07) is 8.09. The predicted molar refractivity (Wildman–Crippen MR) is 106 cm³/mol. The zero-order valence-electron chi connectivity index (χ0n) is 15.6. The number of hydrazone groups is 1. The van der Waals surface area contributed by atoms with Crippen LogP contribution in [0.15, 0.2) is 47.6 Å². The molecule has 10 heteroatoms. The molecule has 0 aliphatic rings. The van der Waals surface area contributed by atoms with Gasteiger partial charge in [0.25, 0.3) is 17.5 Å². The Kier molecular flexibility index (Phi) is 7.38. The Morgan fingerprint density at radius 3 is 2.45 bits per heavy atom. The van der Waals surface area contributed by atoms with Gasteiger partial charge in [0.1, 0.15) is 16.9 Å². The quantitative estimate of drug-likeness (QED) is 0.406. The van der Waals surface area contributed by atoms with Crippen LogP contribution in [0.25, 0.3) is 0 Å². The lowest BCUT2D eigenvalue weighted by molar-refractivity contribution is -0.384. The average Bonchev–Trinajstić information content (AvgIpc) is 2.67. The molecule has 2 amide bonds. The van der Waals surface area contributed by atoms with E-state index >= 15 is 0 Å². The van der Waals surface area contributed by atoms with Crippen molar-refractivity contribution in [2.24, 2.45) is 11.0 Å². The third-order valence-corrected chi connectivity index (χ3v) is 4.22. The topological polar surface area (TPSA) is 114 Å². The Morgan fingerprint density at radius 1 is 1.21 bits per heavy atom. The first kappa shape index (κ1) is 22.0. The minimum Gasteiger partial charge on any atom is -0.340 e. The normalized spacial score (nSPS) is 12.0. The van der Waals surface area contributed by atoms with Crippen molar-refractivity contribution in [3.63, 3.8) is 0 Å². The third-order valence-electron chi connectivity index (χ3n) is 3.90. The van der Waals surface area contributed by atoms with Gasteiger partial charge in [-0.1, -0.05) is 31.5 Å². The Bertz CT molecular complexity index is 948. The van der Waals surface area contributed by atoms with Crippen molar-refractivity contribution in [1.82, 2.24) is 10.7 Å². The highest BCUT2D eigenvalue weighted by Crippen LogP contribution is 2.24. The number of halogens is 2. The molecule has 1 atom stereocenters. The number of hydrogen-bond donors (Lipinski definition) is 2. The number of nitrogens with one attached hydrogen (secondary N) is 2. The third kappa shape index (κ3) is 6.08. The second kappa shape index (κ2) is 9.74. The van der Waals surface area contributed by atoms with Crippen LogP contribution in [-0.2, 0) is 4.79 Å². The summed E-state index contributed by atoms with van der Waals surface area (Å²) in [6.07, 6.45) is 1.22. The minimum absolute atomic E-state index is 0.0143. The lowest BCUT2D eigenvalue weighted by Gasteiger charge is -2.20. The molecule has 0 bridgehead atoms. The van der Waals surface area contributed by atoms with Crippen LogP contribution in [0, 0.1) is 21.8 Å². The van der Waals surface area contributed by atoms with Gasteiger partial charge in [-0.2, -0.15) is 5.10 Å². The van der Waals surface area contributed by atoms with Crippen molar-refractivity contribution < 1.29 is 18.9 Å². The van der Waals surface area contributed by atoms with E-state index in [1.807, 2.05) is 0 Å². The first-order valence-corrected chi connectivity index (χ1v) is 8.90. The van der Waals surface area contributed by atoms with Crippen LogP contribution in [0.4, 0.5) is 10.1 Å². The molecule has 0 saturated heterocycles. The summed E-state index contributed by atoms with van der Waals surface area (Å²) in [5, 5.41) is 17.2. The van der Waals surface area contributed by atoms with Crippen LogP contribution < -0.4 is 10.7 Å². The molecule has 0 spiro atoms. The van der Waals surface area contributed by atoms with Crippen molar-refractivity contribution in [3.05, 3.63) is 74.5 Å². The molecule has 29 heavy (non-hydrogen) atoms. The van der Waals surface area contributed by atoms with Crippen LogP contribution in [-0.4, -0.2) is 29.0 Å². The number of nitro benzene ring substituents is 1. The number of carbonyl (C=O) groups is 2. The Morgan fingerprint density at radius 2 is 1.86 bits per heavy atom. The maximum Gasteiger partial charge on any atom is 0.288 e. The summed E-state index contributed by atoms with van der Waals surface area (Å²) in [4.78, 5) is 34.9. The summed E-state index contributed by atoms with van der Waals surface area (Å²) in [5.74, 6) is -1.84. The second-order valence-corrected chi connectivity index (χ2v) is 6.81. The van der Waals surface area contributed by atoms with Crippen molar-refractivity contribution in [3.8, 4) is 0 Å². The molecule has 0 aliphatic carbocycles. The molecular weight excluding hydrogens is 403 g/mol. The molecule has 2 rings (SSSR count). The van der Waals surface area contributed by atoms with Crippen molar-refractivity contribution in [2.45, 2.75) is 19.9 Å². The van der Waals surface area contributed by atoms with Gasteiger partial charge in [-0.25, -0.2) is 9.82 Å². The monoisotopic (exact) mass is 420 g/mol. The molecule has 2 aromatic carbocycles. The van der Waals surface area contributed by atoms with E-state index in [2.05, 4.69) is 15.8 Å². The molecular formula is C19H18ClFN4O4. The highest BCUT2D eigenvalue weighted by molar-refractivity contribution is 6.32. The van der Waals surface area contributed by atoms with E-state index in [9.17, 15) is 24.1 Å². The molecule has 8 nitrogen and oxygen atoms in total. The average molecular weight is 421 g/mol. The molecule has 0 fully saturated rings. The minimum atomic E-state index is -0.899. The van der Waals surface area contributed by atoms with Gasteiger partial charge in [-0.05, 0) is 36.2 Å². The van der Waals surface area contributed by atoms with Crippen LogP contribution >= 0.6 is 11.6 Å². The first-order valence-electron chi connectivity index (χ1n) is 8.52. The number of carbonyl (C=O) groups excluding carboxylic acids is 2. The van der Waals surface area contributed by atoms with Crippen molar-refractivity contribution >= 4 is 35.3 Å². The first-order chi connectivity index (χ1) is 13.7. The Labute approximate surface area is 170 Å². The van der Waals surface area contributed by atoms with E-state index < -0.39 is 28.6 Å². The molecule has 2 N–H and O–H groups in total. The molecule has 0 aromatic heterocycles. The largest absolute Gasteiger partial charge is 0.340 e. The van der Waals surface area contributed by atoms with Crippen molar-refractivity contribution in [2.75, 3.05) is 0 Å². The van der Waals surface area contributed by atoms with Gasteiger partial charge in [-0.15, -0.1) is 0 Å². The van der Waals surface area contributed by atoms with Crippen LogP contribution in [0.2, 0.25) is 5.02 Å². The van der Waals surface area contributed by atoms with E-state index in [1.165, 1.54) is 36.5 Å². The fourth-order valence-electron chi connectivity index (χ4n) is 2.35. The Hall–Kier alpha value is -3.33. The van der Waals surface area contributed by atoms with Gasteiger partial charge in [0.05, 0.1) is 11.1 Å². The smallest absolute Gasteiger partial charge is 0.288 e. The van der Waals surface area contributed by atoms with Crippen LogP contribution in [0.5, 0.6) is 0 Å². The second-order valence-electron chi connectivity index (χ2n) is 6.40. The lowest BCUT2D eigenvalue weighted by atomic mass is 10.0. The van der Waals surface area contributed by atoms with E-state index in [1.54, 1.807) is 13.8 Å². The molecule has 1 unspecified atom stereocenters. The number of nitro groups is 1. The van der Waals surface area contributed by atoms with Gasteiger partial charge in [0, 0.05) is 17.2 Å². The van der Waals surface area contributed by atoms with Crippen molar-refractivity contribution in [1.29, 1.82) is 0 Å². The molecule has 0 aliphatic heterocycles. The summed E-state index contributed by atoms with van der Waals surface area (Å²) in [7, 11) is 0. The maximum atomic E-state index is 13.0. The van der Waals surface area contributed by atoms with E-state index in [4.69, 9.17) is 11.6 Å². The van der Waals surface area contributed by atoms with E-state index in [0.29, 0.717) is 5.56 Å². The van der Waals surface area contributed by atoms with Gasteiger partial charge in [0.2, 0.25) is 0 Å². The predicted octanol–water partition coefficient (Wildman–Crippen LogP) is 3.29. The van der Waals surface area contributed by atoms with E-state index in [-0.39, 0.29) is 22.2 Å². The van der Waals surface area contributed by atoms with Gasteiger partial charge in [-0.3, -0.25) is 19.7 Å². The Balaban J connectivity index is 2.05. The zero-order chi connectivity index (χ0) is 21.6. The van der Waals surface area contributed by atoms with Crippen LogP contribution in [0.1, 0.15) is 29.8 Å². The highest BCUT2D eigenvalue weighted by Gasteiger charge is 2.24. The summed E-state index contributed by atoms with van der Waals surface area (Å²) < 4.78 is 13.0. The standard InChI is InChI=1S/C19H18ClFN4O4/c1-11(2)17(23-18(26)13-4-6-14(21)7-5-13)19(27)24-22-10-12-3-8-15(20)16(9-12)25(28)29/h3-11,17H,1-2H3,(H,23,26)(H,24,27). The number of rotatable bonds is 7. The molecule has 0 saturated carbocycles. The maximum absolute atomic E-state index is 13.0. The summed E-state index contributed by atoms with van der Waals surface area (Å²) in [5.41, 5.74) is 2.58. The fraction of sp³-hybridized carbons (Fsp3) is 0.211. The lowest BCUT2D eigenvalue weighted by Crippen LogP contribution is -2.48. The SMILES string of the molecule is CC(C)C(NC(=O)c1ccc(F)cc1)C(=O)NN=Cc1ccc(Cl)c([N+](=O)[O-])c1. The van der Waals surface area contributed by atoms with Gasteiger partial charge in [0.15, 0.2) is 0 Å². The number of benzene rings is 2. The molecule has 152 valence electrons. The highest BCUT2D eigenvalue weighted by atomic mass is 35.5. The van der Waals surface area contributed by atoms with Crippen LogP contribution in [0.3, 0.4) is 0 Å². The molecule has 0 heterocycles. The zero-order valence-corrected chi connectivity index (χ0v) is 16.3. The summed E-state index contributed by atoms with van der Waals surface area (Å²) in [6.45, 7) is 3.48. The number of amides is 2.